The lowest BCUT2D eigenvalue weighted by atomic mass is 9.72. The molecule has 1 saturated carbocycles. The standard InChI is InChI=1S/C24H25NO3/c26-21(20-16-24(20)11-10-17-6-4-5-9-19(17)24)25-14-12-23(13-15-25,22(27)28)18-7-2-1-3-8-18/h1-9,20H,10-16H2,(H,27,28). The van der Waals surface area contributed by atoms with Gasteiger partial charge in [0.15, 0.2) is 0 Å². The van der Waals surface area contributed by atoms with Gasteiger partial charge >= 0.3 is 5.97 Å². The SMILES string of the molecule is O=C(C1CC12CCc1ccccc12)N1CCC(C(=O)O)(c2ccccc2)CC1. The van der Waals surface area contributed by atoms with Crippen molar-refractivity contribution in [2.45, 2.75) is 42.9 Å². The average Bonchev–Trinajstić information content (AvgIpc) is 3.36. The first kappa shape index (κ1) is 17.5. The van der Waals surface area contributed by atoms with Crippen LogP contribution in [-0.2, 0) is 26.8 Å². The molecule has 1 N–H and O–H groups in total. The summed E-state index contributed by atoms with van der Waals surface area (Å²) in [7, 11) is 0. The second kappa shape index (κ2) is 6.20. The molecule has 0 radical (unpaired) electrons. The summed E-state index contributed by atoms with van der Waals surface area (Å²) in [5.74, 6) is -0.479. The molecular formula is C24H25NO3. The van der Waals surface area contributed by atoms with E-state index >= 15 is 0 Å². The van der Waals surface area contributed by atoms with E-state index in [-0.39, 0.29) is 17.2 Å². The number of carbonyl (C=O) groups is 2. The van der Waals surface area contributed by atoms with E-state index in [4.69, 9.17) is 0 Å². The van der Waals surface area contributed by atoms with Crippen molar-refractivity contribution in [2.24, 2.45) is 5.92 Å². The number of carbonyl (C=O) groups excluding carboxylic acids is 1. The molecule has 1 saturated heterocycles. The monoisotopic (exact) mass is 375 g/mol. The van der Waals surface area contributed by atoms with Gasteiger partial charge < -0.3 is 10.0 Å². The quantitative estimate of drug-likeness (QED) is 0.893. The van der Waals surface area contributed by atoms with Gasteiger partial charge in [0.25, 0.3) is 0 Å². The van der Waals surface area contributed by atoms with Gasteiger partial charge in [-0.3, -0.25) is 9.59 Å². The Balaban J connectivity index is 1.32. The highest BCUT2D eigenvalue weighted by atomic mass is 16.4. The first-order valence-corrected chi connectivity index (χ1v) is 10.2. The summed E-state index contributed by atoms with van der Waals surface area (Å²) >= 11 is 0. The zero-order chi connectivity index (χ0) is 19.4. The van der Waals surface area contributed by atoms with Gasteiger partial charge in [0, 0.05) is 24.4 Å². The Bertz CT molecular complexity index is 930. The van der Waals surface area contributed by atoms with Gasteiger partial charge in [-0.1, -0.05) is 54.6 Å². The Labute approximate surface area is 165 Å². The van der Waals surface area contributed by atoms with Crippen molar-refractivity contribution in [1.29, 1.82) is 0 Å². The number of carboxylic acid groups (broad SMARTS) is 1. The molecule has 1 spiro atoms. The molecule has 28 heavy (non-hydrogen) atoms. The highest BCUT2D eigenvalue weighted by molar-refractivity contribution is 5.86. The Morgan fingerprint density at radius 2 is 1.61 bits per heavy atom. The molecular weight excluding hydrogens is 350 g/mol. The molecule has 4 heteroatoms. The van der Waals surface area contributed by atoms with Gasteiger partial charge in [0.2, 0.25) is 5.91 Å². The molecule has 0 aromatic heterocycles. The van der Waals surface area contributed by atoms with Crippen molar-refractivity contribution in [3.63, 3.8) is 0 Å². The maximum Gasteiger partial charge on any atom is 0.314 e. The highest BCUT2D eigenvalue weighted by Crippen LogP contribution is 2.62. The van der Waals surface area contributed by atoms with E-state index in [0.29, 0.717) is 25.9 Å². The minimum absolute atomic E-state index is 0.0500. The molecule has 1 heterocycles. The summed E-state index contributed by atoms with van der Waals surface area (Å²) in [5.41, 5.74) is 2.79. The lowest BCUT2D eigenvalue weighted by Gasteiger charge is -2.39. The Hall–Kier alpha value is -2.62. The molecule has 2 aromatic carbocycles. The van der Waals surface area contributed by atoms with Gasteiger partial charge in [0.05, 0.1) is 5.41 Å². The first-order chi connectivity index (χ1) is 13.6. The fourth-order valence-electron chi connectivity index (χ4n) is 5.63. The molecule has 144 valence electrons. The lowest BCUT2D eigenvalue weighted by molar-refractivity contribution is -0.148. The predicted octanol–water partition coefficient (Wildman–Crippen LogP) is 3.54. The fraction of sp³-hybridized carbons (Fsp3) is 0.417. The third kappa shape index (κ3) is 2.43. The third-order valence-electron chi connectivity index (χ3n) is 7.43. The number of amides is 1. The smallest absolute Gasteiger partial charge is 0.314 e. The molecule has 2 unspecified atom stereocenters. The van der Waals surface area contributed by atoms with Crippen molar-refractivity contribution in [1.82, 2.24) is 4.90 Å². The van der Waals surface area contributed by atoms with Crippen molar-refractivity contribution >= 4 is 11.9 Å². The van der Waals surface area contributed by atoms with Crippen LogP contribution >= 0.6 is 0 Å². The molecule has 2 atom stereocenters. The van der Waals surface area contributed by atoms with Crippen LogP contribution in [0.5, 0.6) is 0 Å². The minimum atomic E-state index is -0.876. The van der Waals surface area contributed by atoms with E-state index in [1.807, 2.05) is 35.2 Å². The van der Waals surface area contributed by atoms with Crippen LogP contribution < -0.4 is 0 Å². The third-order valence-corrected chi connectivity index (χ3v) is 7.43. The summed E-state index contributed by atoms with van der Waals surface area (Å²) in [4.78, 5) is 27.3. The summed E-state index contributed by atoms with van der Waals surface area (Å²) in [6.45, 7) is 1.04. The maximum atomic E-state index is 13.2. The Morgan fingerprint density at radius 3 is 2.32 bits per heavy atom. The average molecular weight is 375 g/mol. The number of hydrogen-bond donors (Lipinski definition) is 1. The maximum absolute atomic E-state index is 13.2. The molecule has 5 rings (SSSR count). The van der Waals surface area contributed by atoms with Crippen molar-refractivity contribution in [3.05, 3.63) is 71.3 Å². The number of carboxylic acids is 1. The number of fused-ring (bicyclic) bond motifs is 2. The van der Waals surface area contributed by atoms with E-state index in [0.717, 1.165) is 24.8 Å². The zero-order valence-corrected chi connectivity index (χ0v) is 15.9. The number of piperidine rings is 1. The van der Waals surface area contributed by atoms with Crippen molar-refractivity contribution in [2.75, 3.05) is 13.1 Å². The summed E-state index contributed by atoms with van der Waals surface area (Å²) < 4.78 is 0. The largest absolute Gasteiger partial charge is 0.481 e. The van der Waals surface area contributed by atoms with Gasteiger partial charge in [-0.15, -0.1) is 0 Å². The van der Waals surface area contributed by atoms with Crippen LogP contribution in [0.2, 0.25) is 0 Å². The number of likely N-dealkylation sites (tertiary alicyclic amines) is 1. The zero-order valence-electron chi connectivity index (χ0n) is 15.9. The van der Waals surface area contributed by atoms with E-state index in [1.165, 1.54) is 11.1 Å². The molecule has 3 aliphatic rings. The summed E-state index contributed by atoms with van der Waals surface area (Å²) in [6.07, 6.45) is 4.04. The first-order valence-electron chi connectivity index (χ1n) is 10.2. The van der Waals surface area contributed by atoms with Crippen LogP contribution in [0.15, 0.2) is 54.6 Å². The normalized spacial score (nSPS) is 27.4. The molecule has 1 aliphatic heterocycles. The van der Waals surface area contributed by atoms with Crippen LogP contribution in [0.25, 0.3) is 0 Å². The molecule has 0 bridgehead atoms. The van der Waals surface area contributed by atoms with Gasteiger partial charge in [0.1, 0.15) is 0 Å². The van der Waals surface area contributed by atoms with E-state index in [1.54, 1.807) is 0 Å². The second-order valence-electron chi connectivity index (χ2n) is 8.65. The molecule has 4 nitrogen and oxygen atoms in total. The van der Waals surface area contributed by atoms with Crippen LogP contribution in [0.3, 0.4) is 0 Å². The fourth-order valence-corrected chi connectivity index (χ4v) is 5.63. The minimum Gasteiger partial charge on any atom is -0.481 e. The van der Waals surface area contributed by atoms with E-state index in [2.05, 4.69) is 24.3 Å². The van der Waals surface area contributed by atoms with Crippen LogP contribution in [0, 0.1) is 5.92 Å². The molecule has 2 aliphatic carbocycles. The number of aryl methyl sites for hydroxylation is 1. The van der Waals surface area contributed by atoms with Crippen LogP contribution in [-0.4, -0.2) is 35.0 Å². The summed E-state index contributed by atoms with van der Waals surface area (Å²) in [6, 6.07) is 18.0. The van der Waals surface area contributed by atoms with Crippen LogP contribution in [0.4, 0.5) is 0 Å². The Kier molecular flexibility index (Phi) is 3.87. The van der Waals surface area contributed by atoms with Gasteiger partial charge in [-0.05, 0) is 48.8 Å². The van der Waals surface area contributed by atoms with Gasteiger partial charge in [-0.25, -0.2) is 0 Å². The second-order valence-corrected chi connectivity index (χ2v) is 8.65. The predicted molar refractivity (Wildman–Crippen MR) is 106 cm³/mol. The lowest BCUT2D eigenvalue weighted by Crippen LogP contribution is -2.49. The number of nitrogens with zero attached hydrogens (tertiary/aromatic N) is 1. The van der Waals surface area contributed by atoms with Crippen molar-refractivity contribution in [3.8, 4) is 0 Å². The van der Waals surface area contributed by atoms with Crippen LogP contribution in [0.1, 0.15) is 42.4 Å². The Morgan fingerprint density at radius 1 is 0.929 bits per heavy atom. The molecule has 1 amide bonds. The number of benzene rings is 2. The topological polar surface area (TPSA) is 57.6 Å². The van der Waals surface area contributed by atoms with Crippen molar-refractivity contribution < 1.29 is 14.7 Å². The number of hydrogen-bond acceptors (Lipinski definition) is 2. The number of aliphatic carboxylic acids is 1. The summed E-state index contributed by atoms with van der Waals surface area (Å²) in [5, 5.41) is 9.96. The van der Waals surface area contributed by atoms with E-state index in [9.17, 15) is 14.7 Å². The van der Waals surface area contributed by atoms with Gasteiger partial charge in [-0.2, -0.15) is 0 Å². The number of rotatable bonds is 3. The van der Waals surface area contributed by atoms with E-state index < -0.39 is 11.4 Å². The highest BCUT2D eigenvalue weighted by Gasteiger charge is 2.62. The molecule has 2 aromatic rings. The molecule has 2 fully saturated rings.